The van der Waals surface area contributed by atoms with E-state index >= 15 is 0 Å². The average molecular weight is 382 g/mol. The van der Waals surface area contributed by atoms with Crippen molar-refractivity contribution in [1.29, 1.82) is 0 Å². The van der Waals surface area contributed by atoms with Gasteiger partial charge in [0.1, 0.15) is 15.7 Å². The Hall–Kier alpha value is -0.700. The molecular weight excluding hydrogens is 367 g/mol. The molecule has 7 heteroatoms. The fourth-order valence-corrected chi connectivity index (χ4v) is 2.75. The summed E-state index contributed by atoms with van der Waals surface area (Å²) in [6, 6.07) is 3.54. The number of carbonyl (C=O) groups is 1. The van der Waals surface area contributed by atoms with Gasteiger partial charge in [0.05, 0.1) is 11.4 Å². The Morgan fingerprint density at radius 3 is 2.61 bits per heavy atom. The van der Waals surface area contributed by atoms with Crippen molar-refractivity contribution in [3.05, 3.63) is 21.4 Å². The average Bonchev–Trinajstić information content (AvgIpc) is 2.21. The number of aryl methyl sites for hydroxylation is 1. The summed E-state index contributed by atoms with van der Waals surface area (Å²) in [4.78, 5) is 16.0. The molecule has 0 radical (unpaired) electrons. The van der Waals surface area contributed by atoms with Crippen LogP contribution in [0, 0.1) is 16.4 Å². The van der Waals surface area contributed by atoms with Gasteiger partial charge in [-0.1, -0.05) is 6.92 Å². The zero-order valence-corrected chi connectivity index (χ0v) is 13.4. The number of anilines is 1. The topological polar surface area (TPSA) is 76.1 Å². The van der Waals surface area contributed by atoms with Gasteiger partial charge >= 0.3 is 0 Å². The predicted octanol–water partition coefficient (Wildman–Crippen LogP) is 1.61. The summed E-state index contributed by atoms with van der Waals surface area (Å²) in [5, 5.41) is 2.61. The number of pyridine rings is 1. The van der Waals surface area contributed by atoms with E-state index in [1.807, 2.05) is 13.0 Å². The van der Waals surface area contributed by atoms with Crippen molar-refractivity contribution in [2.75, 3.05) is 17.3 Å². The van der Waals surface area contributed by atoms with Gasteiger partial charge in [0.2, 0.25) is 5.91 Å². The first-order valence-corrected chi connectivity index (χ1v) is 8.44. The lowest BCUT2D eigenvalue weighted by molar-refractivity contribution is -0.118. The molecule has 1 rings (SSSR count). The smallest absolute Gasteiger partial charge is 0.229 e. The molecule has 0 saturated carbocycles. The van der Waals surface area contributed by atoms with Crippen LogP contribution in [-0.4, -0.2) is 31.3 Å². The van der Waals surface area contributed by atoms with Crippen molar-refractivity contribution >= 4 is 44.2 Å². The highest BCUT2D eigenvalue weighted by atomic mass is 127. The predicted molar refractivity (Wildman–Crippen MR) is 79.2 cm³/mol. The Morgan fingerprint density at radius 1 is 1.50 bits per heavy atom. The van der Waals surface area contributed by atoms with E-state index in [1.165, 1.54) is 0 Å². The lowest BCUT2D eigenvalue weighted by Gasteiger charge is -2.11. The molecule has 0 aliphatic heterocycles. The van der Waals surface area contributed by atoms with E-state index in [9.17, 15) is 13.2 Å². The van der Waals surface area contributed by atoms with Crippen LogP contribution in [0.1, 0.15) is 12.6 Å². The first-order chi connectivity index (χ1) is 8.19. The summed E-state index contributed by atoms with van der Waals surface area (Å²) >= 11 is 2.15. The van der Waals surface area contributed by atoms with Crippen molar-refractivity contribution < 1.29 is 13.2 Å². The number of nitrogens with one attached hydrogen (secondary N) is 1. The van der Waals surface area contributed by atoms with Crippen LogP contribution in [0.25, 0.3) is 0 Å². The summed E-state index contributed by atoms with van der Waals surface area (Å²) in [6.45, 7) is 3.42. The number of sulfone groups is 1. The van der Waals surface area contributed by atoms with Gasteiger partial charge in [-0.3, -0.25) is 4.79 Å². The molecule has 0 saturated heterocycles. The summed E-state index contributed by atoms with van der Waals surface area (Å²) in [7, 11) is -3.16. The summed E-state index contributed by atoms with van der Waals surface area (Å²) in [6.07, 6.45) is 1.12. The molecule has 100 valence electrons. The van der Waals surface area contributed by atoms with Crippen molar-refractivity contribution in [2.45, 2.75) is 13.8 Å². The van der Waals surface area contributed by atoms with Crippen LogP contribution in [0.2, 0.25) is 0 Å². The minimum absolute atomic E-state index is 0.165. The van der Waals surface area contributed by atoms with E-state index in [4.69, 9.17) is 0 Å². The lowest BCUT2D eigenvalue weighted by Crippen LogP contribution is -2.27. The number of hydrogen-bond donors (Lipinski definition) is 1. The SMILES string of the molecule is Cc1nc(NC(=O)C(C)CS(C)(=O)=O)ccc1I. The maximum absolute atomic E-state index is 11.8. The van der Waals surface area contributed by atoms with Crippen molar-refractivity contribution in [3.63, 3.8) is 0 Å². The number of amides is 1. The largest absolute Gasteiger partial charge is 0.310 e. The van der Waals surface area contributed by atoms with Gasteiger partial charge in [-0.15, -0.1) is 0 Å². The van der Waals surface area contributed by atoms with E-state index in [0.717, 1.165) is 15.5 Å². The van der Waals surface area contributed by atoms with Gasteiger partial charge in [0, 0.05) is 15.7 Å². The highest BCUT2D eigenvalue weighted by molar-refractivity contribution is 14.1. The minimum atomic E-state index is -3.16. The fraction of sp³-hybridized carbons (Fsp3) is 0.455. The first kappa shape index (κ1) is 15.4. The molecule has 0 bridgehead atoms. The quantitative estimate of drug-likeness (QED) is 0.803. The molecule has 0 aromatic carbocycles. The molecule has 1 aromatic heterocycles. The minimum Gasteiger partial charge on any atom is -0.310 e. The van der Waals surface area contributed by atoms with Crippen LogP contribution in [0.5, 0.6) is 0 Å². The third kappa shape index (κ3) is 4.89. The first-order valence-electron chi connectivity index (χ1n) is 5.31. The van der Waals surface area contributed by atoms with Gasteiger partial charge in [-0.05, 0) is 41.6 Å². The van der Waals surface area contributed by atoms with Crippen LogP contribution in [0.4, 0.5) is 5.82 Å². The van der Waals surface area contributed by atoms with E-state index < -0.39 is 15.8 Å². The van der Waals surface area contributed by atoms with E-state index in [2.05, 4.69) is 32.9 Å². The molecule has 0 fully saturated rings. The van der Waals surface area contributed by atoms with E-state index in [-0.39, 0.29) is 11.7 Å². The van der Waals surface area contributed by atoms with Crippen LogP contribution < -0.4 is 5.32 Å². The number of rotatable bonds is 4. The Kier molecular flexibility index (Phi) is 5.09. The number of aromatic nitrogens is 1. The second-order valence-corrected chi connectivity index (χ2v) is 7.59. The number of halogens is 1. The fourth-order valence-electron chi connectivity index (χ4n) is 1.39. The lowest BCUT2D eigenvalue weighted by atomic mass is 10.2. The number of nitrogens with zero attached hydrogens (tertiary/aromatic N) is 1. The molecule has 0 spiro atoms. The molecule has 1 unspecified atom stereocenters. The molecule has 18 heavy (non-hydrogen) atoms. The maximum atomic E-state index is 11.8. The van der Waals surface area contributed by atoms with Crippen molar-refractivity contribution in [1.82, 2.24) is 4.98 Å². The van der Waals surface area contributed by atoms with Gasteiger partial charge in [-0.25, -0.2) is 13.4 Å². The monoisotopic (exact) mass is 382 g/mol. The molecule has 1 amide bonds. The van der Waals surface area contributed by atoms with Gasteiger partial charge in [0.25, 0.3) is 0 Å². The Morgan fingerprint density at radius 2 is 2.11 bits per heavy atom. The van der Waals surface area contributed by atoms with Gasteiger partial charge in [-0.2, -0.15) is 0 Å². The summed E-state index contributed by atoms with van der Waals surface area (Å²) in [5.74, 6) is -0.657. The molecule has 1 heterocycles. The van der Waals surface area contributed by atoms with Crippen LogP contribution in [0.3, 0.4) is 0 Å². The second kappa shape index (κ2) is 5.96. The molecule has 1 N–H and O–H groups in total. The number of carbonyl (C=O) groups excluding carboxylic acids is 1. The van der Waals surface area contributed by atoms with E-state index in [0.29, 0.717) is 5.82 Å². The highest BCUT2D eigenvalue weighted by Crippen LogP contribution is 2.13. The molecule has 0 aliphatic carbocycles. The molecule has 1 aromatic rings. The standard InChI is InChI=1S/C11H15IN2O3S/c1-7(6-18(3,16)17)11(15)14-10-5-4-9(12)8(2)13-10/h4-5,7H,6H2,1-3H3,(H,13,14,15). The zero-order chi connectivity index (χ0) is 13.9. The third-order valence-electron chi connectivity index (χ3n) is 2.27. The zero-order valence-electron chi connectivity index (χ0n) is 10.4. The Bertz CT molecular complexity index is 557. The van der Waals surface area contributed by atoms with E-state index in [1.54, 1.807) is 13.0 Å². The number of hydrogen-bond acceptors (Lipinski definition) is 4. The normalized spacial score (nSPS) is 13.1. The molecule has 0 aliphatic rings. The third-order valence-corrected chi connectivity index (χ3v) is 4.52. The molecular formula is C11H15IN2O3S. The van der Waals surface area contributed by atoms with Crippen LogP contribution in [-0.2, 0) is 14.6 Å². The molecule has 5 nitrogen and oxygen atoms in total. The second-order valence-electron chi connectivity index (χ2n) is 4.25. The van der Waals surface area contributed by atoms with Gasteiger partial charge < -0.3 is 5.32 Å². The van der Waals surface area contributed by atoms with Crippen molar-refractivity contribution in [3.8, 4) is 0 Å². The van der Waals surface area contributed by atoms with Gasteiger partial charge in [0.15, 0.2) is 0 Å². The maximum Gasteiger partial charge on any atom is 0.229 e. The highest BCUT2D eigenvalue weighted by Gasteiger charge is 2.18. The summed E-state index contributed by atoms with van der Waals surface area (Å²) in [5.41, 5.74) is 0.823. The Balaban J connectivity index is 2.72. The van der Waals surface area contributed by atoms with Crippen LogP contribution in [0.15, 0.2) is 12.1 Å². The Labute approximate surface area is 120 Å². The summed E-state index contributed by atoms with van der Waals surface area (Å²) < 4.78 is 23.2. The van der Waals surface area contributed by atoms with Crippen molar-refractivity contribution in [2.24, 2.45) is 5.92 Å². The van der Waals surface area contributed by atoms with Crippen LogP contribution >= 0.6 is 22.6 Å². The molecule has 1 atom stereocenters.